The molecule has 3 aromatic carbocycles. The van der Waals surface area contributed by atoms with Crippen molar-refractivity contribution in [2.75, 3.05) is 17.1 Å². The van der Waals surface area contributed by atoms with Gasteiger partial charge in [-0.05, 0) is 62.2 Å². The number of hydrogen-bond acceptors (Lipinski definition) is 4. The Kier molecular flexibility index (Phi) is 10.7. The molecule has 0 aliphatic heterocycles. The number of hydrogen-bond donors (Lipinski definition) is 1. The third-order valence-corrected chi connectivity index (χ3v) is 8.01. The predicted octanol–water partition coefficient (Wildman–Crippen LogP) is 6.11. The van der Waals surface area contributed by atoms with Crippen molar-refractivity contribution >= 4 is 62.3 Å². The second-order valence-corrected chi connectivity index (χ2v) is 13.7. The van der Waals surface area contributed by atoms with E-state index in [1.807, 2.05) is 51.1 Å². The van der Waals surface area contributed by atoms with Gasteiger partial charge in [0.25, 0.3) is 0 Å². The third-order valence-electron chi connectivity index (χ3n) is 6.00. The minimum atomic E-state index is -4.04. The molecule has 0 aromatic heterocycles. The lowest BCUT2D eigenvalue weighted by Crippen LogP contribution is -2.56. The highest BCUT2D eigenvalue weighted by Crippen LogP contribution is 2.27. The van der Waals surface area contributed by atoms with Gasteiger partial charge in [-0.1, -0.05) is 71.2 Å². The lowest BCUT2D eigenvalue weighted by molar-refractivity contribution is -0.140. The van der Waals surface area contributed by atoms with Crippen LogP contribution in [0, 0.1) is 5.82 Å². The topological polar surface area (TPSA) is 86.8 Å². The van der Waals surface area contributed by atoms with Crippen LogP contribution < -0.4 is 9.62 Å². The van der Waals surface area contributed by atoms with Gasteiger partial charge in [-0.25, -0.2) is 12.8 Å². The molecule has 0 spiro atoms. The molecule has 2 amide bonds. The van der Waals surface area contributed by atoms with Gasteiger partial charge < -0.3 is 10.2 Å². The average Bonchev–Trinajstić information content (AvgIpc) is 2.86. The van der Waals surface area contributed by atoms with Crippen LogP contribution in [0.25, 0.3) is 0 Å². The number of carbonyl (C=O) groups excluding carboxylic acids is 2. The molecule has 12 heteroatoms. The Morgan fingerprint density at radius 3 is 2.17 bits per heavy atom. The molecule has 1 N–H and O–H groups in total. The van der Waals surface area contributed by atoms with Crippen LogP contribution in [-0.4, -0.2) is 49.5 Å². The first-order valence-electron chi connectivity index (χ1n) is 12.6. The van der Waals surface area contributed by atoms with E-state index in [1.165, 1.54) is 17.0 Å². The lowest BCUT2D eigenvalue weighted by Gasteiger charge is -2.35. The molecule has 1 atom stereocenters. The normalized spacial score (nSPS) is 12.5. The van der Waals surface area contributed by atoms with Crippen LogP contribution in [0.3, 0.4) is 0 Å². The summed E-state index contributed by atoms with van der Waals surface area (Å²) in [4.78, 5) is 29.1. The molecule has 7 nitrogen and oxygen atoms in total. The van der Waals surface area contributed by atoms with E-state index in [9.17, 15) is 22.4 Å². The molecule has 41 heavy (non-hydrogen) atoms. The standard InChI is InChI=1S/C29H31Cl3FN3O4S/c1-29(2,3)34-28(38)26(14-19-8-6-5-7-9-19)35(17-20-10-11-21(30)15-23(20)31)27(37)18-36(41(4,39)40)22-12-13-25(33)24(32)16-22/h5-13,15-16,26H,14,17-18H2,1-4H3,(H,34,38)/t26-/m0/s1. The first kappa shape index (κ1) is 32.7. The number of rotatable bonds is 10. The van der Waals surface area contributed by atoms with Crippen molar-refractivity contribution in [3.05, 3.63) is 98.7 Å². The number of amides is 2. The summed E-state index contributed by atoms with van der Waals surface area (Å²) in [6, 6.07) is 16.2. The van der Waals surface area contributed by atoms with Crippen molar-refractivity contribution in [1.82, 2.24) is 10.2 Å². The summed E-state index contributed by atoms with van der Waals surface area (Å²) in [6.07, 6.45) is 1.06. The van der Waals surface area contributed by atoms with Crippen molar-refractivity contribution in [2.45, 2.75) is 45.3 Å². The zero-order valence-electron chi connectivity index (χ0n) is 23.0. The molecule has 3 rings (SSSR count). The highest BCUT2D eigenvalue weighted by Gasteiger charge is 2.34. The van der Waals surface area contributed by atoms with Crippen LogP contribution in [0.2, 0.25) is 15.1 Å². The highest BCUT2D eigenvalue weighted by atomic mass is 35.5. The molecule has 0 heterocycles. The predicted molar refractivity (Wildman–Crippen MR) is 162 cm³/mol. The number of halogens is 4. The molecular weight excluding hydrogens is 612 g/mol. The van der Waals surface area contributed by atoms with E-state index in [-0.39, 0.29) is 28.7 Å². The highest BCUT2D eigenvalue weighted by molar-refractivity contribution is 7.92. The van der Waals surface area contributed by atoms with E-state index in [0.717, 1.165) is 28.3 Å². The third kappa shape index (κ3) is 9.33. The summed E-state index contributed by atoms with van der Waals surface area (Å²) in [5.74, 6) is -1.86. The van der Waals surface area contributed by atoms with Gasteiger partial charge in [0.1, 0.15) is 18.4 Å². The van der Waals surface area contributed by atoms with Gasteiger partial charge in [-0.3, -0.25) is 13.9 Å². The van der Waals surface area contributed by atoms with Crippen molar-refractivity contribution in [1.29, 1.82) is 0 Å². The molecule has 0 unspecified atom stereocenters. The molecule has 3 aromatic rings. The fourth-order valence-electron chi connectivity index (χ4n) is 4.09. The second-order valence-electron chi connectivity index (χ2n) is 10.6. The quantitative estimate of drug-likeness (QED) is 0.289. The molecule has 0 saturated heterocycles. The Morgan fingerprint density at radius 1 is 0.951 bits per heavy atom. The lowest BCUT2D eigenvalue weighted by atomic mass is 10.0. The number of nitrogens with one attached hydrogen (secondary N) is 1. The number of benzene rings is 3. The SMILES string of the molecule is CC(C)(C)NC(=O)[C@H](Cc1ccccc1)N(Cc1ccc(Cl)cc1Cl)C(=O)CN(c1ccc(F)c(Cl)c1)S(C)(=O)=O. The first-order chi connectivity index (χ1) is 19.0. The van der Waals surface area contributed by atoms with Crippen molar-refractivity contribution < 1.29 is 22.4 Å². The molecule has 0 saturated carbocycles. The summed E-state index contributed by atoms with van der Waals surface area (Å²) < 4.78 is 40.3. The van der Waals surface area contributed by atoms with Crippen LogP contribution in [0.5, 0.6) is 0 Å². The van der Waals surface area contributed by atoms with Gasteiger partial charge in [-0.2, -0.15) is 0 Å². The summed E-state index contributed by atoms with van der Waals surface area (Å²) in [5.41, 5.74) is 0.659. The number of anilines is 1. The zero-order chi connectivity index (χ0) is 30.5. The zero-order valence-corrected chi connectivity index (χ0v) is 26.1. The number of sulfonamides is 1. The van der Waals surface area contributed by atoms with Crippen LogP contribution in [0.15, 0.2) is 66.7 Å². The number of carbonyl (C=O) groups is 2. The summed E-state index contributed by atoms with van der Waals surface area (Å²) >= 11 is 18.5. The molecule has 0 aliphatic carbocycles. The Balaban J connectivity index is 2.11. The van der Waals surface area contributed by atoms with Crippen molar-refractivity contribution in [2.24, 2.45) is 0 Å². The fourth-order valence-corrected chi connectivity index (χ4v) is 5.58. The summed E-state index contributed by atoms with van der Waals surface area (Å²) in [5, 5.41) is 3.29. The van der Waals surface area contributed by atoms with E-state index in [2.05, 4.69) is 5.32 Å². The number of nitrogens with zero attached hydrogens (tertiary/aromatic N) is 2. The van der Waals surface area contributed by atoms with Crippen LogP contribution >= 0.6 is 34.8 Å². The van der Waals surface area contributed by atoms with Gasteiger partial charge >= 0.3 is 0 Å². The molecule has 0 radical (unpaired) electrons. The Labute approximate surface area is 255 Å². The Hall–Kier alpha value is -2.85. The molecule has 0 bridgehead atoms. The van der Waals surface area contributed by atoms with E-state index >= 15 is 0 Å². The van der Waals surface area contributed by atoms with Gasteiger partial charge in [0.05, 0.1) is 17.0 Å². The molecule has 220 valence electrons. The van der Waals surface area contributed by atoms with Crippen LogP contribution in [-0.2, 0) is 32.6 Å². The van der Waals surface area contributed by atoms with E-state index < -0.39 is 45.8 Å². The Bertz CT molecular complexity index is 1520. The smallest absolute Gasteiger partial charge is 0.244 e. The minimum absolute atomic E-state index is 0.00419. The van der Waals surface area contributed by atoms with E-state index in [1.54, 1.807) is 12.1 Å². The maximum absolute atomic E-state index is 14.1. The first-order valence-corrected chi connectivity index (χ1v) is 15.6. The van der Waals surface area contributed by atoms with Gasteiger partial charge in [-0.15, -0.1) is 0 Å². The van der Waals surface area contributed by atoms with Crippen molar-refractivity contribution in [3.8, 4) is 0 Å². The largest absolute Gasteiger partial charge is 0.350 e. The summed E-state index contributed by atoms with van der Waals surface area (Å²) in [7, 11) is -4.04. The monoisotopic (exact) mass is 641 g/mol. The van der Waals surface area contributed by atoms with Crippen molar-refractivity contribution in [3.63, 3.8) is 0 Å². The van der Waals surface area contributed by atoms with Gasteiger partial charge in [0.15, 0.2) is 0 Å². The van der Waals surface area contributed by atoms with Crippen LogP contribution in [0.4, 0.5) is 10.1 Å². The minimum Gasteiger partial charge on any atom is -0.350 e. The summed E-state index contributed by atoms with van der Waals surface area (Å²) in [6.45, 7) is 4.65. The fraction of sp³-hybridized carbons (Fsp3) is 0.310. The second kappa shape index (κ2) is 13.4. The maximum atomic E-state index is 14.1. The molecule has 0 aliphatic rings. The van der Waals surface area contributed by atoms with Gasteiger partial charge in [0.2, 0.25) is 21.8 Å². The molecule has 0 fully saturated rings. The maximum Gasteiger partial charge on any atom is 0.244 e. The Morgan fingerprint density at radius 2 is 1.61 bits per heavy atom. The van der Waals surface area contributed by atoms with E-state index in [4.69, 9.17) is 34.8 Å². The average molecular weight is 643 g/mol. The molecular formula is C29H31Cl3FN3O4S. The van der Waals surface area contributed by atoms with Gasteiger partial charge in [0, 0.05) is 28.5 Å². The van der Waals surface area contributed by atoms with E-state index in [0.29, 0.717) is 10.6 Å². The van der Waals surface area contributed by atoms with Crippen LogP contribution in [0.1, 0.15) is 31.9 Å².